The van der Waals surface area contributed by atoms with Gasteiger partial charge < -0.3 is 10.4 Å². The second-order valence-corrected chi connectivity index (χ2v) is 4.79. The molecule has 1 aromatic rings. The van der Waals surface area contributed by atoms with Crippen LogP contribution >= 0.6 is 0 Å². The van der Waals surface area contributed by atoms with E-state index in [-0.39, 0.29) is 12.4 Å². The topological polar surface area (TPSA) is 44.6 Å². The predicted molar refractivity (Wildman–Crippen MR) is 78.4 cm³/mol. The molecule has 0 unspecified atom stereocenters. The second-order valence-electron chi connectivity index (χ2n) is 4.79. The van der Waals surface area contributed by atoms with Crippen LogP contribution in [0.5, 0.6) is 0 Å². The molecular weight excluding hydrogens is 255 g/mol. The number of allylic oxidation sites excluding steroid dienone is 3. The van der Waals surface area contributed by atoms with Crippen molar-refractivity contribution in [2.75, 3.05) is 6.61 Å². The molecule has 3 nitrogen and oxygen atoms in total. The maximum absolute atomic E-state index is 13.5. The maximum atomic E-state index is 13.5. The molecule has 0 bridgehead atoms. The normalized spacial score (nSPS) is 20.4. The lowest BCUT2D eigenvalue weighted by Gasteiger charge is -2.12. The number of benzene rings is 1. The molecule has 0 saturated carbocycles. The Hall–Kier alpha value is -2.20. The number of fused-ring (bicyclic) bond motifs is 1. The highest BCUT2D eigenvalue weighted by Gasteiger charge is 2.26. The highest BCUT2D eigenvalue weighted by Crippen LogP contribution is 2.44. The first-order chi connectivity index (χ1) is 9.72. The lowest BCUT2D eigenvalue weighted by atomic mass is 10.0. The number of nitrogens with one attached hydrogen (secondary N) is 1. The molecule has 20 heavy (non-hydrogen) atoms. The minimum absolute atomic E-state index is 0.0516. The molecule has 1 aliphatic carbocycles. The SMILES string of the molecule is CC1=C(CCO)c2cc(F)ccc2C1=C1C=CN=CN1. The van der Waals surface area contributed by atoms with Crippen molar-refractivity contribution in [3.8, 4) is 0 Å². The third-order valence-electron chi connectivity index (χ3n) is 3.66. The van der Waals surface area contributed by atoms with Gasteiger partial charge in [0.05, 0.1) is 6.34 Å². The molecule has 0 spiro atoms. The van der Waals surface area contributed by atoms with Gasteiger partial charge in [0.2, 0.25) is 0 Å². The zero-order chi connectivity index (χ0) is 14.1. The Bertz CT molecular complexity index is 684. The lowest BCUT2D eigenvalue weighted by Crippen LogP contribution is -2.13. The summed E-state index contributed by atoms with van der Waals surface area (Å²) in [4.78, 5) is 3.98. The Balaban J connectivity index is 2.22. The summed E-state index contributed by atoms with van der Waals surface area (Å²) >= 11 is 0. The van der Waals surface area contributed by atoms with Crippen molar-refractivity contribution in [3.05, 3.63) is 58.7 Å². The fraction of sp³-hybridized carbons (Fsp3) is 0.188. The molecule has 0 aromatic heterocycles. The smallest absolute Gasteiger partial charge is 0.123 e. The van der Waals surface area contributed by atoms with Crippen LogP contribution in [0.2, 0.25) is 0 Å². The number of rotatable bonds is 2. The van der Waals surface area contributed by atoms with Gasteiger partial charge in [-0.15, -0.1) is 0 Å². The highest BCUT2D eigenvalue weighted by atomic mass is 19.1. The molecule has 102 valence electrons. The molecule has 0 amide bonds. The van der Waals surface area contributed by atoms with E-state index >= 15 is 0 Å². The largest absolute Gasteiger partial charge is 0.396 e. The van der Waals surface area contributed by atoms with Gasteiger partial charge in [-0.25, -0.2) is 9.38 Å². The van der Waals surface area contributed by atoms with Crippen LogP contribution in [0.4, 0.5) is 4.39 Å². The summed E-state index contributed by atoms with van der Waals surface area (Å²) in [5, 5.41) is 12.4. The lowest BCUT2D eigenvalue weighted by molar-refractivity contribution is 0.305. The van der Waals surface area contributed by atoms with E-state index in [0.717, 1.165) is 33.5 Å². The van der Waals surface area contributed by atoms with E-state index in [4.69, 9.17) is 0 Å². The number of aliphatic imine (C=N–C) groups is 1. The molecule has 1 aromatic carbocycles. The van der Waals surface area contributed by atoms with Gasteiger partial charge in [0, 0.05) is 24.1 Å². The zero-order valence-electron chi connectivity index (χ0n) is 11.2. The van der Waals surface area contributed by atoms with Gasteiger partial charge in [-0.05, 0) is 53.8 Å². The minimum Gasteiger partial charge on any atom is -0.396 e. The van der Waals surface area contributed by atoms with E-state index in [0.29, 0.717) is 6.42 Å². The fourth-order valence-corrected chi connectivity index (χ4v) is 2.79. The molecule has 0 radical (unpaired) electrons. The number of nitrogens with zero attached hydrogens (tertiary/aromatic N) is 1. The van der Waals surface area contributed by atoms with E-state index in [1.54, 1.807) is 18.6 Å². The first-order valence-electron chi connectivity index (χ1n) is 6.52. The average Bonchev–Trinajstić information content (AvgIpc) is 2.73. The third kappa shape index (κ3) is 1.98. The van der Waals surface area contributed by atoms with Crippen LogP contribution in [0, 0.1) is 5.82 Å². The Morgan fingerprint density at radius 1 is 1.30 bits per heavy atom. The molecule has 2 aliphatic rings. The summed E-state index contributed by atoms with van der Waals surface area (Å²) in [6.07, 6.45) is 5.77. The van der Waals surface area contributed by atoms with Gasteiger partial charge in [-0.3, -0.25) is 0 Å². The van der Waals surface area contributed by atoms with Crippen molar-refractivity contribution in [1.82, 2.24) is 5.32 Å². The van der Waals surface area contributed by atoms with Crippen LogP contribution in [-0.4, -0.2) is 18.1 Å². The zero-order valence-corrected chi connectivity index (χ0v) is 11.2. The van der Waals surface area contributed by atoms with Gasteiger partial charge in [-0.1, -0.05) is 6.07 Å². The quantitative estimate of drug-likeness (QED) is 0.868. The predicted octanol–water partition coefficient (Wildman–Crippen LogP) is 2.85. The van der Waals surface area contributed by atoms with Crippen molar-refractivity contribution in [3.63, 3.8) is 0 Å². The molecule has 0 atom stereocenters. The number of hydrogen-bond donors (Lipinski definition) is 2. The summed E-state index contributed by atoms with van der Waals surface area (Å²) in [7, 11) is 0. The molecule has 0 saturated heterocycles. The second kappa shape index (κ2) is 5.06. The van der Waals surface area contributed by atoms with Gasteiger partial charge in [0.1, 0.15) is 5.82 Å². The summed E-state index contributed by atoms with van der Waals surface area (Å²) in [5.74, 6) is -0.257. The number of halogens is 1. The van der Waals surface area contributed by atoms with Crippen LogP contribution in [0.1, 0.15) is 24.5 Å². The van der Waals surface area contributed by atoms with E-state index in [1.165, 1.54) is 12.1 Å². The Kier molecular flexibility index (Phi) is 3.24. The molecule has 4 heteroatoms. The van der Waals surface area contributed by atoms with Crippen LogP contribution in [0.15, 0.2) is 46.7 Å². The van der Waals surface area contributed by atoms with E-state index in [9.17, 15) is 9.50 Å². The first kappa shape index (κ1) is 12.8. The highest BCUT2D eigenvalue weighted by molar-refractivity contribution is 6.01. The van der Waals surface area contributed by atoms with Crippen molar-refractivity contribution in [2.24, 2.45) is 4.99 Å². The summed E-state index contributed by atoms with van der Waals surface area (Å²) in [6.45, 7) is 2.06. The number of aliphatic hydroxyl groups is 1. The molecule has 0 fully saturated rings. The molecule has 1 aliphatic heterocycles. The maximum Gasteiger partial charge on any atom is 0.123 e. The van der Waals surface area contributed by atoms with Crippen molar-refractivity contribution < 1.29 is 9.50 Å². The summed E-state index contributed by atoms with van der Waals surface area (Å²) in [6, 6.07) is 4.80. The Morgan fingerprint density at radius 2 is 2.15 bits per heavy atom. The van der Waals surface area contributed by atoms with Gasteiger partial charge in [0.25, 0.3) is 0 Å². The van der Waals surface area contributed by atoms with E-state index in [1.807, 2.05) is 13.0 Å². The van der Waals surface area contributed by atoms with E-state index in [2.05, 4.69) is 10.3 Å². The summed E-state index contributed by atoms with van der Waals surface area (Å²) < 4.78 is 13.5. The summed E-state index contributed by atoms with van der Waals surface area (Å²) in [5.41, 5.74) is 5.93. The van der Waals surface area contributed by atoms with Crippen molar-refractivity contribution in [1.29, 1.82) is 0 Å². The standard InChI is InChI=1S/C16H15FN2O/c1-10-12(5-7-20)14-8-11(17)2-3-13(14)16(10)15-4-6-18-9-19-15/h2-4,6,8-9,20H,5,7H2,1H3,(H,18,19). The van der Waals surface area contributed by atoms with Crippen LogP contribution in [-0.2, 0) is 0 Å². The number of hydrogen-bond acceptors (Lipinski definition) is 3. The third-order valence-corrected chi connectivity index (χ3v) is 3.66. The van der Waals surface area contributed by atoms with Gasteiger partial charge in [-0.2, -0.15) is 0 Å². The fourth-order valence-electron chi connectivity index (χ4n) is 2.79. The number of aliphatic hydroxyl groups excluding tert-OH is 1. The monoisotopic (exact) mass is 270 g/mol. The first-order valence-corrected chi connectivity index (χ1v) is 6.52. The molecule has 3 rings (SSSR count). The van der Waals surface area contributed by atoms with Crippen molar-refractivity contribution in [2.45, 2.75) is 13.3 Å². The molecule has 1 heterocycles. The van der Waals surface area contributed by atoms with E-state index < -0.39 is 0 Å². The van der Waals surface area contributed by atoms with Crippen molar-refractivity contribution >= 4 is 17.5 Å². The van der Waals surface area contributed by atoms with Gasteiger partial charge in [0.15, 0.2) is 0 Å². The minimum atomic E-state index is -0.257. The van der Waals surface area contributed by atoms with Crippen LogP contribution in [0.3, 0.4) is 0 Å². The average molecular weight is 270 g/mol. The molecular formula is C16H15FN2O. The van der Waals surface area contributed by atoms with Crippen LogP contribution in [0.25, 0.3) is 11.1 Å². The van der Waals surface area contributed by atoms with Gasteiger partial charge >= 0.3 is 0 Å². The Morgan fingerprint density at radius 3 is 2.85 bits per heavy atom. The Labute approximate surface area is 116 Å². The molecule has 2 N–H and O–H groups in total. The van der Waals surface area contributed by atoms with Crippen LogP contribution < -0.4 is 5.32 Å².